The van der Waals surface area contributed by atoms with Crippen LogP contribution in [0, 0.1) is 0 Å². The van der Waals surface area contributed by atoms with Crippen LogP contribution in [0.4, 0.5) is 19.0 Å². The molecular weight excluding hydrogens is 359 g/mol. The van der Waals surface area contributed by atoms with Crippen molar-refractivity contribution in [2.24, 2.45) is 5.73 Å². The molecule has 2 aromatic heterocycles. The lowest BCUT2D eigenvalue weighted by atomic mass is 10.1. The molecule has 0 saturated heterocycles. The van der Waals surface area contributed by atoms with E-state index < -0.39 is 17.6 Å². The fourth-order valence-corrected chi connectivity index (χ4v) is 2.79. The highest BCUT2D eigenvalue weighted by atomic mass is 19.4. The second-order valence-electron chi connectivity index (χ2n) is 5.87. The summed E-state index contributed by atoms with van der Waals surface area (Å²) in [6, 6.07) is 6.37. The van der Waals surface area contributed by atoms with Crippen molar-refractivity contribution in [3.63, 3.8) is 0 Å². The summed E-state index contributed by atoms with van der Waals surface area (Å²) in [5.41, 5.74) is 12.1. The number of alkyl halides is 3. The summed E-state index contributed by atoms with van der Waals surface area (Å²) >= 11 is 0. The van der Waals surface area contributed by atoms with E-state index in [9.17, 15) is 18.0 Å². The summed E-state index contributed by atoms with van der Waals surface area (Å²) in [7, 11) is 0. The van der Waals surface area contributed by atoms with Gasteiger partial charge in [-0.2, -0.15) is 13.2 Å². The van der Waals surface area contributed by atoms with Gasteiger partial charge >= 0.3 is 6.18 Å². The van der Waals surface area contributed by atoms with E-state index in [4.69, 9.17) is 11.5 Å². The van der Waals surface area contributed by atoms with Crippen LogP contribution < -0.4 is 11.5 Å². The van der Waals surface area contributed by atoms with E-state index in [0.29, 0.717) is 23.2 Å². The number of rotatable bonds is 4. The number of halogens is 3. The minimum Gasteiger partial charge on any atom is -0.384 e. The molecule has 2 heterocycles. The van der Waals surface area contributed by atoms with Crippen molar-refractivity contribution >= 4 is 11.7 Å². The number of aryl methyl sites for hydroxylation is 1. The number of primary amides is 1. The molecule has 0 aliphatic carbocycles. The van der Waals surface area contributed by atoms with Crippen molar-refractivity contribution in [2.45, 2.75) is 19.5 Å². The molecule has 1 aromatic carbocycles. The Morgan fingerprint density at radius 1 is 1.19 bits per heavy atom. The first-order chi connectivity index (χ1) is 12.7. The maximum atomic E-state index is 13.2. The van der Waals surface area contributed by atoms with Crippen molar-refractivity contribution in [3.8, 4) is 16.9 Å². The van der Waals surface area contributed by atoms with E-state index in [1.54, 1.807) is 0 Å². The van der Waals surface area contributed by atoms with Gasteiger partial charge in [0.15, 0.2) is 0 Å². The number of anilines is 1. The first-order valence-corrected chi connectivity index (χ1v) is 8.01. The Hall–Kier alpha value is -3.36. The van der Waals surface area contributed by atoms with Gasteiger partial charge in [-0.1, -0.05) is 13.0 Å². The summed E-state index contributed by atoms with van der Waals surface area (Å²) in [6.07, 6.45) is -1.27. The summed E-state index contributed by atoms with van der Waals surface area (Å²) in [5.74, 6) is -0.551. The number of hydrogen-bond donors (Lipinski definition) is 2. The molecular formula is C18H16F3N5O. The van der Waals surface area contributed by atoms with Crippen molar-refractivity contribution in [1.29, 1.82) is 0 Å². The highest BCUT2D eigenvalue weighted by Gasteiger charge is 2.31. The predicted octanol–water partition coefficient (Wildman–Crippen LogP) is 3.20. The number of aromatic nitrogens is 3. The molecule has 0 aliphatic rings. The lowest BCUT2D eigenvalue weighted by Crippen LogP contribution is -2.17. The average molecular weight is 375 g/mol. The second kappa shape index (κ2) is 6.75. The third-order valence-corrected chi connectivity index (χ3v) is 4.11. The van der Waals surface area contributed by atoms with Gasteiger partial charge < -0.3 is 16.0 Å². The third kappa shape index (κ3) is 3.62. The Morgan fingerprint density at radius 2 is 1.93 bits per heavy atom. The van der Waals surface area contributed by atoms with E-state index >= 15 is 0 Å². The highest BCUT2D eigenvalue weighted by Crippen LogP contribution is 2.33. The number of amides is 1. The van der Waals surface area contributed by atoms with Gasteiger partial charge in [-0.15, -0.1) is 0 Å². The number of carbonyl (C=O) groups is 1. The minimum atomic E-state index is -4.51. The molecule has 4 N–H and O–H groups in total. The van der Waals surface area contributed by atoms with Gasteiger partial charge in [-0.25, -0.2) is 9.97 Å². The summed E-state index contributed by atoms with van der Waals surface area (Å²) in [6.45, 7) is 1.81. The number of nitrogens with two attached hydrogens (primary N) is 2. The normalized spacial score (nSPS) is 11.6. The molecule has 0 bridgehead atoms. The molecule has 3 aromatic rings. The van der Waals surface area contributed by atoms with Crippen LogP contribution in [-0.2, 0) is 12.6 Å². The lowest BCUT2D eigenvalue weighted by Gasteiger charge is -2.15. The van der Waals surface area contributed by atoms with Gasteiger partial charge in [-0.3, -0.25) is 4.79 Å². The highest BCUT2D eigenvalue weighted by molar-refractivity contribution is 5.93. The van der Waals surface area contributed by atoms with E-state index in [1.807, 2.05) is 6.92 Å². The molecule has 0 unspecified atom stereocenters. The molecule has 0 aliphatic heterocycles. The minimum absolute atomic E-state index is 0.0382. The smallest absolute Gasteiger partial charge is 0.384 e. The van der Waals surface area contributed by atoms with E-state index in [1.165, 1.54) is 35.3 Å². The Morgan fingerprint density at radius 3 is 2.52 bits per heavy atom. The summed E-state index contributed by atoms with van der Waals surface area (Å²) in [5, 5.41) is 0. The lowest BCUT2D eigenvalue weighted by molar-refractivity contribution is -0.137. The zero-order valence-corrected chi connectivity index (χ0v) is 14.3. The molecule has 0 spiro atoms. The first kappa shape index (κ1) is 18.4. The SMILES string of the molecule is CCc1ccc(C(F)(F)F)cc1-n1cc(-c2cc(N)ncn2)cc1C(N)=O. The molecule has 0 radical (unpaired) electrons. The van der Waals surface area contributed by atoms with Crippen LogP contribution >= 0.6 is 0 Å². The molecule has 0 atom stereocenters. The van der Waals surface area contributed by atoms with Crippen LogP contribution in [0.15, 0.2) is 42.9 Å². The molecule has 6 nitrogen and oxygen atoms in total. The summed E-state index contributed by atoms with van der Waals surface area (Å²) < 4.78 is 40.8. The first-order valence-electron chi connectivity index (χ1n) is 8.01. The number of benzene rings is 1. The van der Waals surface area contributed by atoms with E-state index in [2.05, 4.69) is 9.97 Å². The quantitative estimate of drug-likeness (QED) is 0.731. The number of carbonyl (C=O) groups excluding carboxylic acids is 1. The zero-order valence-electron chi connectivity index (χ0n) is 14.3. The second-order valence-corrected chi connectivity index (χ2v) is 5.87. The largest absolute Gasteiger partial charge is 0.416 e. The number of hydrogen-bond acceptors (Lipinski definition) is 4. The Labute approximate surface area is 152 Å². The molecule has 1 amide bonds. The van der Waals surface area contributed by atoms with Crippen molar-refractivity contribution in [3.05, 3.63) is 59.7 Å². The van der Waals surface area contributed by atoms with Crippen LogP contribution in [0.3, 0.4) is 0 Å². The Bertz CT molecular complexity index is 1010. The van der Waals surface area contributed by atoms with Crippen LogP contribution in [0.5, 0.6) is 0 Å². The van der Waals surface area contributed by atoms with Crippen LogP contribution in [-0.4, -0.2) is 20.4 Å². The van der Waals surface area contributed by atoms with Crippen LogP contribution in [0.1, 0.15) is 28.5 Å². The molecule has 9 heteroatoms. The molecule has 27 heavy (non-hydrogen) atoms. The predicted molar refractivity (Wildman–Crippen MR) is 94.1 cm³/mol. The standard InChI is InChI=1S/C18H16F3N5O/c1-2-10-3-4-12(18(19,20)21)6-14(10)26-8-11(5-15(26)17(23)27)13-7-16(22)25-9-24-13/h3-9H,2H2,1H3,(H2,23,27)(H2,22,24,25). The Balaban J connectivity index is 2.23. The van der Waals surface area contributed by atoms with E-state index in [-0.39, 0.29) is 17.2 Å². The van der Waals surface area contributed by atoms with Gasteiger partial charge in [0.2, 0.25) is 0 Å². The Kier molecular flexibility index (Phi) is 4.61. The third-order valence-electron chi connectivity index (χ3n) is 4.11. The van der Waals surface area contributed by atoms with E-state index in [0.717, 1.165) is 12.1 Å². The zero-order chi connectivity index (χ0) is 19.8. The number of nitrogen functional groups attached to an aromatic ring is 1. The maximum Gasteiger partial charge on any atom is 0.416 e. The molecule has 0 fully saturated rings. The van der Waals surface area contributed by atoms with Crippen molar-refractivity contribution in [1.82, 2.24) is 14.5 Å². The average Bonchev–Trinajstić information content (AvgIpc) is 3.06. The van der Waals surface area contributed by atoms with Gasteiger partial charge in [0, 0.05) is 23.5 Å². The van der Waals surface area contributed by atoms with Crippen LogP contribution in [0.2, 0.25) is 0 Å². The molecule has 140 valence electrons. The van der Waals surface area contributed by atoms with Crippen molar-refractivity contribution in [2.75, 3.05) is 5.73 Å². The summed E-state index contributed by atoms with van der Waals surface area (Å²) in [4.78, 5) is 19.8. The number of nitrogens with zero attached hydrogens (tertiary/aromatic N) is 3. The fraction of sp³-hybridized carbons (Fsp3) is 0.167. The fourth-order valence-electron chi connectivity index (χ4n) is 2.79. The molecule has 3 rings (SSSR count). The molecule has 0 saturated carbocycles. The topological polar surface area (TPSA) is 99.8 Å². The van der Waals surface area contributed by atoms with Gasteiger partial charge in [-0.05, 0) is 30.2 Å². The van der Waals surface area contributed by atoms with Gasteiger partial charge in [0.05, 0.1) is 11.3 Å². The van der Waals surface area contributed by atoms with Crippen molar-refractivity contribution < 1.29 is 18.0 Å². The maximum absolute atomic E-state index is 13.2. The monoisotopic (exact) mass is 375 g/mol. The van der Waals surface area contributed by atoms with Gasteiger partial charge in [0.1, 0.15) is 17.8 Å². The van der Waals surface area contributed by atoms with Gasteiger partial charge in [0.25, 0.3) is 5.91 Å². The van der Waals surface area contributed by atoms with Crippen LogP contribution in [0.25, 0.3) is 16.9 Å².